The van der Waals surface area contributed by atoms with E-state index in [0.29, 0.717) is 36.7 Å². The maximum absolute atomic E-state index is 13.6. The van der Waals surface area contributed by atoms with E-state index in [-0.39, 0.29) is 22.6 Å². The minimum Gasteiger partial charge on any atom is -0.490 e. The first-order valence-electron chi connectivity index (χ1n) is 12.1. The molecule has 2 heterocycles. The zero-order valence-electron chi connectivity index (χ0n) is 20.6. The van der Waals surface area contributed by atoms with E-state index in [1.165, 1.54) is 7.11 Å². The number of hydrogen-bond donors (Lipinski definition) is 0. The lowest BCUT2D eigenvalue weighted by atomic mass is 9.77. The normalized spacial score (nSPS) is 14.4. The number of hydrogen-bond acceptors (Lipinski definition) is 5. The molecule has 0 fully saturated rings. The molecule has 184 valence electrons. The molecule has 1 aromatic carbocycles. The van der Waals surface area contributed by atoms with Crippen LogP contribution in [0.1, 0.15) is 66.6 Å². The number of rotatable bonds is 8. The van der Waals surface area contributed by atoms with E-state index in [9.17, 15) is 9.59 Å². The second-order valence-electron chi connectivity index (χ2n) is 9.27. The minimum atomic E-state index is -0.640. The van der Waals surface area contributed by atoms with Gasteiger partial charge in [-0.15, -0.1) is 0 Å². The molecule has 6 nitrogen and oxygen atoms in total. The van der Waals surface area contributed by atoms with Gasteiger partial charge in [-0.1, -0.05) is 69.1 Å². The summed E-state index contributed by atoms with van der Waals surface area (Å²) in [5.41, 5.74) is 3.82. The van der Waals surface area contributed by atoms with Crippen LogP contribution < -0.4 is 10.3 Å². The highest BCUT2D eigenvalue weighted by atomic mass is 35.5. The fraction of sp³-hybridized carbons (Fsp3) is 0.393. The van der Waals surface area contributed by atoms with Crippen LogP contribution in [0.5, 0.6) is 5.75 Å². The quantitative estimate of drug-likeness (QED) is 0.222. The number of unbranched alkanes of at least 4 members (excludes halogenated alkanes) is 1. The average Bonchev–Trinajstić information content (AvgIpc) is 2.85. The molecule has 0 N–H and O–H groups in total. The number of aromatic nitrogens is 2. The Morgan fingerprint density at radius 3 is 2.63 bits per heavy atom. The number of nitrogens with zero attached hydrogens (tertiary/aromatic N) is 2. The second-order valence-corrected chi connectivity index (χ2v) is 9.63. The Balaban J connectivity index is 1.97. The molecular weight excluding hydrogens is 464 g/mol. The highest BCUT2D eigenvalue weighted by molar-refractivity contribution is 6.31. The number of ether oxygens (including phenoxy) is 2. The molecule has 0 amide bonds. The van der Waals surface area contributed by atoms with Crippen LogP contribution in [0.4, 0.5) is 0 Å². The molecule has 4 rings (SSSR count). The van der Waals surface area contributed by atoms with Gasteiger partial charge in [0.2, 0.25) is 0 Å². The van der Waals surface area contributed by atoms with Gasteiger partial charge in [0, 0.05) is 0 Å². The Morgan fingerprint density at radius 1 is 1.23 bits per heavy atom. The van der Waals surface area contributed by atoms with Crippen LogP contribution >= 0.6 is 11.6 Å². The van der Waals surface area contributed by atoms with E-state index in [0.717, 1.165) is 29.5 Å². The lowest BCUT2D eigenvalue weighted by molar-refractivity contribution is 0.0597. The Hall–Kier alpha value is -3.12. The van der Waals surface area contributed by atoms with Crippen molar-refractivity contribution >= 4 is 17.6 Å². The first-order valence-corrected chi connectivity index (χ1v) is 12.5. The third kappa shape index (κ3) is 4.98. The SMILES string of the molecule is CCCCOc1cc2c(nc1Cl)-c1c(cc(C(=O)OC)c(=O)n1Cc1ccccc1)C(C(C)C)C2. The summed E-state index contributed by atoms with van der Waals surface area (Å²) in [6, 6.07) is 13.4. The summed E-state index contributed by atoms with van der Waals surface area (Å²) in [7, 11) is 1.29. The van der Waals surface area contributed by atoms with Gasteiger partial charge in [0.15, 0.2) is 10.9 Å². The molecular formula is C28H31ClN2O4. The second kappa shape index (κ2) is 10.6. The van der Waals surface area contributed by atoms with Gasteiger partial charge in [0.05, 0.1) is 31.6 Å². The Kier molecular flexibility index (Phi) is 7.60. The molecule has 0 saturated heterocycles. The van der Waals surface area contributed by atoms with Crippen molar-refractivity contribution < 1.29 is 14.3 Å². The highest BCUT2D eigenvalue weighted by Gasteiger charge is 2.34. The summed E-state index contributed by atoms with van der Waals surface area (Å²) in [6.45, 7) is 7.26. The van der Waals surface area contributed by atoms with Crippen LogP contribution in [0.15, 0.2) is 47.3 Å². The predicted molar refractivity (Wildman–Crippen MR) is 138 cm³/mol. The van der Waals surface area contributed by atoms with Crippen LogP contribution in [0.2, 0.25) is 5.15 Å². The maximum atomic E-state index is 13.6. The molecule has 0 bridgehead atoms. The van der Waals surface area contributed by atoms with Crippen molar-refractivity contribution in [2.24, 2.45) is 5.92 Å². The number of pyridine rings is 2. The van der Waals surface area contributed by atoms with E-state index in [1.807, 2.05) is 36.4 Å². The summed E-state index contributed by atoms with van der Waals surface area (Å²) < 4.78 is 12.5. The van der Waals surface area contributed by atoms with Crippen LogP contribution in [-0.2, 0) is 17.7 Å². The molecule has 0 aliphatic heterocycles. The van der Waals surface area contributed by atoms with E-state index < -0.39 is 11.5 Å². The monoisotopic (exact) mass is 494 g/mol. The number of esters is 1. The van der Waals surface area contributed by atoms with Gasteiger partial charge < -0.3 is 14.0 Å². The molecule has 0 saturated carbocycles. The van der Waals surface area contributed by atoms with Gasteiger partial charge >= 0.3 is 5.97 Å². The van der Waals surface area contributed by atoms with Gasteiger partial charge in [-0.2, -0.15) is 0 Å². The Morgan fingerprint density at radius 2 is 1.97 bits per heavy atom. The van der Waals surface area contributed by atoms with E-state index in [2.05, 4.69) is 20.8 Å². The molecule has 7 heteroatoms. The van der Waals surface area contributed by atoms with Gasteiger partial charge in [-0.05, 0) is 53.5 Å². The molecule has 3 aromatic rings. The van der Waals surface area contributed by atoms with Gasteiger partial charge in [-0.3, -0.25) is 4.79 Å². The van der Waals surface area contributed by atoms with Crippen LogP contribution in [0.25, 0.3) is 11.4 Å². The summed E-state index contributed by atoms with van der Waals surface area (Å²) in [5.74, 6) is 0.261. The molecule has 1 aliphatic carbocycles. The third-order valence-corrected chi connectivity index (χ3v) is 6.82. The smallest absolute Gasteiger partial charge is 0.343 e. The molecule has 1 atom stereocenters. The lowest BCUT2D eigenvalue weighted by Gasteiger charge is -2.32. The van der Waals surface area contributed by atoms with Crippen molar-refractivity contribution in [3.63, 3.8) is 0 Å². The fourth-order valence-electron chi connectivity index (χ4n) is 4.65. The highest BCUT2D eigenvalue weighted by Crippen LogP contribution is 2.44. The van der Waals surface area contributed by atoms with E-state index >= 15 is 0 Å². The first kappa shape index (κ1) is 25.0. The molecule has 35 heavy (non-hydrogen) atoms. The van der Waals surface area contributed by atoms with Crippen molar-refractivity contribution in [1.82, 2.24) is 9.55 Å². The number of carbonyl (C=O) groups excluding carboxylic acids is 1. The summed E-state index contributed by atoms with van der Waals surface area (Å²) in [4.78, 5) is 30.9. The van der Waals surface area contributed by atoms with Gasteiger partial charge in [-0.25, -0.2) is 9.78 Å². The minimum absolute atomic E-state index is 0.0295. The van der Waals surface area contributed by atoms with Crippen molar-refractivity contribution in [3.8, 4) is 17.1 Å². The summed E-state index contributed by atoms with van der Waals surface area (Å²) >= 11 is 6.56. The predicted octanol–water partition coefficient (Wildman–Crippen LogP) is 5.87. The Bertz CT molecular complexity index is 1280. The molecule has 1 unspecified atom stereocenters. The van der Waals surface area contributed by atoms with E-state index in [4.69, 9.17) is 26.1 Å². The molecule has 0 radical (unpaired) electrons. The van der Waals surface area contributed by atoms with E-state index in [1.54, 1.807) is 10.6 Å². The first-order chi connectivity index (χ1) is 16.8. The number of carbonyl (C=O) groups is 1. The topological polar surface area (TPSA) is 70.4 Å². The Labute approximate surface area is 210 Å². The van der Waals surface area contributed by atoms with Crippen molar-refractivity contribution in [2.45, 2.75) is 52.5 Å². The van der Waals surface area contributed by atoms with Crippen LogP contribution in [0.3, 0.4) is 0 Å². The maximum Gasteiger partial charge on any atom is 0.343 e. The molecule has 0 spiro atoms. The number of fused-ring (bicyclic) bond motifs is 3. The molecule has 1 aliphatic rings. The van der Waals surface area contributed by atoms with Gasteiger partial charge in [0.1, 0.15) is 5.56 Å². The van der Waals surface area contributed by atoms with Crippen LogP contribution in [0, 0.1) is 5.92 Å². The summed E-state index contributed by atoms with van der Waals surface area (Å²) in [6.07, 6.45) is 2.66. The zero-order valence-corrected chi connectivity index (χ0v) is 21.4. The fourth-order valence-corrected chi connectivity index (χ4v) is 4.84. The number of methoxy groups -OCH3 is 1. The number of benzene rings is 1. The van der Waals surface area contributed by atoms with Gasteiger partial charge in [0.25, 0.3) is 5.56 Å². The third-order valence-electron chi connectivity index (χ3n) is 6.55. The lowest BCUT2D eigenvalue weighted by Crippen LogP contribution is -2.33. The largest absolute Gasteiger partial charge is 0.490 e. The summed E-state index contributed by atoms with van der Waals surface area (Å²) in [5, 5.41) is 0.268. The van der Waals surface area contributed by atoms with Crippen molar-refractivity contribution in [3.05, 3.63) is 80.2 Å². The average molecular weight is 495 g/mol. The van der Waals surface area contributed by atoms with Crippen molar-refractivity contribution in [1.29, 1.82) is 0 Å². The standard InChI is InChI=1S/C28H31ClN2O4/c1-5-6-12-35-23-14-19-13-20(17(2)3)21-15-22(28(33)34-4)27(32)31(16-18-10-8-7-9-11-18)25(21)24(19)30-26(23)29/h7-11,14-15,17,20H,5-6,12-13,16H2,1-4H3. The molecule has 2 aromatic heterocycles. The number of halogens is 1. The van der Waals surface area contributed by atoms with Crippen molar-refractivity contribution in [2.75, 3.05) is 13.7 Å². The van der Waals surface area contributed by atoms with Crippen LogP contribution in [-0.4, -0.2) is 29.2 Å². The zero-order chi connectivity index (χ0) is 25.1.